The average Bonchev–Trinajstić information content (AvgIpc) is 3.35. The lowest BCUT2D eigenvalue weighted by Crippen LogP contribution is -2.34. The normalized spacial score (nSPS) is 20.6. The topological polar surface area (TPSA) is 92.0 Å². The Morgan fingerprint density at radius 1 is 1.29 bits per heavy atom. The Morgan fingerprint density at radius 3 is 2.75 bits per heavy atom. The number of aromatic nitrogens is 4. The molecule has 7 nitrogen and oxygen atoms in total. The Morgan fingerprint density at radius 2 is 2.12 bits per heavy atom. The molecule has 3 aromatic rings. The molecular weight excluding hydrogens is 306 g/mol. The third kappa shape index (κ3) is 2.51. The molecule has 1 saturated heterocycles. The molecule has 0 radical (unpaired) electrons. The van der Waals surface area contributed by atoms with Crippen molar-refractivity contribution in [1.82, 2.24) is 19.9 Å². The maximum atomic E-state index is 5.87. The lowest BCUT2D eigenvalue weighted by molar-refractivity contribution is -0.0176. The van der Waals surface area contributed by atoms with Crippen LogP contribution < -0.4 is 5.73 Å². The molecule has 1 atom stereocenters. The zero-order valence-corrected chi connectivity index (χ0v) is 13.5. The van der Waals surface area contributed by atoms with Gasteiger partial charge in [-0.05, 0) is 49.6 Å². The van der Waals surface area contributed by atoms with Gasteiger partial charge in [-0.25, -0.2) is 4.68 Å². The fourth-order valence-electron chi connectivity index (χ4n) is 2.96. The van der Waals surface area contributed by atoms with Crippen LogP contribution in [0, 0.1) is 6.92 Å². The number of hydrogen-bond donors (Lipinski definition) is 1. The molecule has 1 unspecified atom stereocenters. The molecule has 3 heterocycles. The van der Waals surface area contributed by atoms with Crippen LogP contribution in [0.1, 0.15) is 24.3 Å². The van der Waals surface area contributed by atoms with Crippen LogP contribution in [0.2, 0.25) is 0 Å². The van der Waals surface area contributed by atoms with E-state index in [1.165, 1.54) is 0 Å². The van der Waals surface area contributed by atoms with Crippen molar-refractivity contribution in [2.75, 3.05) is 13.2 Å². The van der Waals surface area contributed by atoms with E-state index in [1.807, 2.05) is 48.3 Å². The first-order valence-electron chi connectivity index (χ1n) is 8.00. The zero-order chi connectivity index (χ0) is 16.6. The highest BCUT2D eigenvalue weighted by Gasteiger charge is 2.41. The standard InChI is InChI=1S/C17H19N5O2/c1-12-9-19-22(10-12)14-5-3-13(4-6-14)15-20-16(24-21-15)17(11-18)7-2-8-23-17/h3-6,9-10H,2,7-8,11,18H2,1H3. The second-order valence-corrected chi connectivity index (χ2v) is 6.08. The molecule has 0 amide bonds. The van der Waals surface area contributed by atoms with E-state index in [-0.39, 0.29) is 0 Å². The van der Waals surface area contributed by atoms with Crippen LogP contribution in [0.3, 0.4) is 0 Å². The van der Waals surface area contributed by atoms with Crippen molar-refractivity contribution in [3.63, 3.8) is 0 Å². The van der Waals surface area contributed by atoms with Crippen LogP contribution in [0.15, 0.2) is 41.2 Å². The molecule has 7 heteroatoms. The van der Waals surface area contributed by atoms with Gasteiger partial charge in [0.2, 0.25) is 5.82 Å². The van der Waals surface area contributed by atoms with E-state index in [1.54, 1.807) is 0 Å². The Labute approximate surface area is 139 Å². The Kier molecular flexibility index (Phi) is 3.66. The fourth-order valence-corrected chi connectivity index (χ4v) is 2.96. The summed E-state index contributed by atoms with van der Waals surface area (Å²) >= 11 is 0. The number of nitrogens with two attached hydrogens (primary N) is 1. The van der Waals surface area contributed by atoms with E-state index in [0.29, 0.717) is 24.9 Å². The highest BCUT2D eigenvalue weighted by Crippen LogP contribution is 2.35. The molecule has 0 aliphatic carbocycles. The molecule has 24 heavy (non-hydrogen) atoms. The highest BCUT2D eigenvalue weighted by molar-refractivity contribution is 5.56. The van der Waals surface area contributed by atoms with Crippen molar-refractivity contribution < 1.29 is 9.26 Å². The SMILES string of the molecule is Cc1cnn(-c2ccc(-c3noc(C4(CN)CCCO4)n3)cc2)c1. The summed E-state index contributed by atoms with van der Waals surface area (Å²) in [5.74, 6) is 1.00. The van der Waals surface area contributed by atoms with E-state index in [4.69, 9.17) is 15.0 Å². The predicted molar refractivity (Wildman–Crippen MR) is 87.5 cm³/mol. The molecule has 2 aromatic heterocycles. The number of benzene rings is 1. The fraction of sp³-hybridized carbons (Fsp3) is 0.353. The Balaban J connectivity index is 1.60. The van der Waals surface area contributed by atoms with Gasteiger partial charge in [0.25, 0.3) is 5.89 Å². The van der Waals surface area contributed by atoms with Crippen molar-refractivity contribution >= 4 is 0 Å². The maximum absolute atomic E-state index is 5.87. The summed E-state index contributed by atoms with van der Waals surface area (Å²) in [5.41, 5.74) is 8.22. The quantitative estimate of drug-likeness (QED) is 0.790. The first-order chi connectivity index (χ1) is 11.7. The van der Waals surface area contributed by atoms with Gasteiger partial charge < -0.3 is 15.0 Å². The van der Waals surface area contributed by atoms with Gasteiger partial charge in [0.1, 0.15) is 0 Å². The third-order valence-electron chi connectivity index (χ3n) is 4.35. The summed E-state index contributed by atoms with van der Waals surface area (Å²) in [6, 6.07) is 7.85. The number of aryl methyl sites for hydroxylation is 1. The monoisotopic (exact) mass is 325 g/mol. The van der Waals surface area contributed by atoms with Crippen LogP contribution >= 0.6 is 0 Å². The lowest BCUT2D eigenvalue weighted by Gasteiger charge is -2.21. The predicted octanol–water partition coefficient (Wildman–Crippen LogP) is 2.20. The second-order valence-electron chi connectivity index (χ2n) is 6.08. The molecule has 1 aromatic carbocycles. The summed E-state index contributed by atoms with van der Waals surface area (Å²) in [4.78, 5) is 4.51. The van der Waals surface area contributed by atoms with Crippen molar-refractivity contribution in [3.8, 4) is 17.1 Å². The Bertz CT molecular complexity index is 831. The molecule has 2 N–H and O–H groups in total. The lowest BCUT2D eigenvalue weighted by atomic mass is 10.0. The first kappa shape index (κ1) is 15.0. The van der Waals surface area contributed by atoms with E-state index < -0.39 is 5.60 Å². The first-order valence-corrected chi connectivity index (χ1v) is 8.00. The van der Waals surface area contributed by atoms with Crippen LogP contribution in [-0.4, -0.2) is 33.1 Å². The van der Waals surface area contributed by atoms with E-state index in [9.17, 15) is 0 Å². The number of ether oxygens (including phenoxy) is 1. The number of nitrogens with zero attached hydrogens (tertiary/aromatic N) is 4. The third-order valence-corrected chi connectivity index (χ3v) is 4.35. The summed E-state index contributed by atoms with van der Waals surface area (Å²) in [5, 5.41) is 8.39. The van der Waals surface area contributed by atoms with Crippen molar-refractivity contribution in [2.45, 2.75) is 25.4 Å². The second kappa shape index (κ2) is 5.85. The average molecular weight is 325 g/mol. The van der Waals surface area contributed by atoms with Gasteiger partial charge >= 0.3 is 0 Å². The number of hydrogen-bond acceptors (Lipinski definition) is 6. The Hall–Kier alpha value is -2.51. The van der Waals surface area contributed by atoms with Crippen LogP contribution in [-0.2, 0) is 10.3 Å². The minimum Gasteiger partial charge on any atom is -0.364 e. The van der Waals surface area contributed by atoms with Gasteiger partial charge in [-0.15, -0.1) is 0 Å². The summed E-state index contributed by atoms with van der Waals surface area (Å²) in [7, 11) is 0. The van der Waals surface area contributed by atoms with Gasteiger partial charge in [-0.2, -0.15) is 10.1 Å². The summed E-state index contributed by atoms with van der Waals surface area (Å²) < 4.78 is 13.0. The van der Waals surface area contributed by atoms with Crippen LogP contribution in [0.5, 0.6) is 0 Å². The summed E-state index contributed by atoms with van der Waals surface area (Å²) in [6.07, 6.45) is 5.56. The zero-order valence-electron chi connectivity index (χ0n) is 13.5. The molecule has 0 bridgehead atoms. The van der Waals surface area contributed by atoms with Gasteiger partial charge in [-0.3, -0.25) is 0 Å². The van der Waals surface area contributed by atoms with Gasteiger partial charge in [-0.1, -0.05) is 5.16 Å². The molecule has 4 rings (SSSR count). The molecule has 1 fully saturated rings. The highest BCUT2D eigenvalue weighted by atomic mass is 16.5. The van der Waals surface area contributed by atoms with Crippen molar-refractivity contribution in [1.29, 1.82) is 0 Å². The van der Waals surface area contributed by atoms with E-state index in [0.717, 1.165) is 29.7 Å². The number of rotatable bonds is 4. The molecule has 1 aliphatic heterocycles. The van der Waals surface area contributed by atoms with Gasteiger partial charge in [0.05, 0.1) is 11.9 Å². The maximum Gasteiger partial charge on any atom is 0.260 e. The van der Waals surface area contributed by atoms with E-state index in [2.05, 4.69) is 15.2 Å². The minimum atomic E-state index is -0.627. The summed E-state index contributed by atoms with van der Waals surface area (Å²) in [6.45, 7) is 3.02. The minimum absolute atomic E-state index is 0.340. The molecule has 124 valence electrons. The van der Waals surface area contributed by atoms with Crippen molar-refractivity contribution in [3.05, 3.63) is 48.1 Å². The van der Waals surface area contributed by atoms with Gasteiger partial charge in [0.15, 0.2) is 5.60 Å². The molecule has 1 aliphatic rings. The van der Waals surface area contributed by atoms with E-state index >= 15 is 0 Å². The smallest absolute Gasteiger partial charge is 0.260 e. The molecular formula is C17H19N5O2. The largest absolute Gasteiger partial charge is 0.364 e. The van der Waals surface area contributed by atoms with Gasteiger partial charge in [0, 0.05) is 24.9 Å². The van der Waals surface area contributed by atoms with Crippen molar-refractivity contribution in [2.24, 2.45) is 5.73 Å². The van der Waals surface area contributed by atoms with Crippen LogP contribution in [0.4, 0.5) is 0 Å². The molecule has 0 spiro atoms. The molecule has 0 saturated carbocycles. The van der Waals surface area contributed by atoms with Crippen LogP contribution in [0.25, 0.3) is 17.1 Å².